The maximum absolute atomic E-state index is 11.7. The number of hydrogen-bond acceptors (Lipinski definition) is 2. The zero-order valence-corrected chi connectivity index (χ0v) is 12.0. The first-order valence-corrected chi connectivity index (χ1v) is 6.92. The quantitative estimate of drug-likeness (QED) is 0.765. The Labute approximate surface area is 119 Å². The van der Waals surface area contributed by atoms with Gasteiger partial charge < -0.3 is 10.2 Å². The van der Waals surface area contributed by atoms with Crippen LogP contribution in [0.3, 0.4) is 0 Å². The second-order valence-corrected chi connectivity index (χ2v) is 5.42. The van der Waals surface area contributed by atoms with Crippen molar-refractivity contribution in [2.24, 2.45) is 11.3 Å². The molecule has 0 amide bonds. The largest absolute Gasteiger partial charge is 0.481 e. The molecule has 110 valence electrons. The van der Waals surface area contributed by atoms with E-state index in [9.17, 15) is 19.8 Å². The van der Waals surface area contributed by atoms with Gasteiger partial charge in [-0.05, 0) is 25.3 Å². The van der Waals surface area contributed by atoms with Crippen LogP contribution in [0.15, 0.2) is 30.3 Å². The third kappa shape index (κ3) is 3.83. The lowest BCUT2D eigenvalue weighted by Crippen LogP contribution is -2.42. The summed E-state index contributed by atoms with van der Waals surface area (Å²) in [6.45, 7) is 3.50. The molecule has 0 spiro atoms. The van der Waals surface area contributed by atoms with Gasteiger partial charge >= 0.3 is 11.9 Å². The monoisotopic (exact) mass is 278 g/mol. The van der Waals surface area contributed by atoms with Crippen LogP contribution in [0.4, 0.5) is 0 Å². The molecule has 1 aromatic rings. The lowest BCUT2D eigenvalue weighted by molar-refractivity contribution is -0.161. The van der Waals surface area contributed by atoms with Crippen molar-refractivity contribution in [1.82, 2.24) is 0 Å². The predicted molar refractivity (Wildman–Crippen MR) is 76.5 cm³/mol. The van der Waals surface area contributed by atoms with Gasteiger partial charge in [0, 0.05) is 0 Å². The molecule has 2 atom stereocenters. The first kappa shape index (κ1) is 16.2. The molecule has 1 rings (SSSR count). The Balaban J connectivity index is 3.05. The van der Waals surface area contributed by atoms with E-state index >= 15 is 0 Å². The molecule has 0 heterocycles. The molecule has 0 aliphatic heterocycles. The van der Waals surface area contributed by atoms with Crippen molar-refractivity contribution in [1.29, 1.82) is 0 Å². The Morgan fingerprint density at radius 3 is 2.25 bits per heavy atom. The third-order valence-corrected chi connectivity index (χ3v) is 3.82. The van der Waals surface area contributed by atoms with Crippen molar-refractivity contribution in [2.75, 3.05) is 0 Å². The van der Waals surface area contributed by atoms with Crippen molar-refractivity contribution >= 4 is 11.9 Å². The normalized spacial score (nSPS) is 15.3. The fourth-order valence-electron chi connectivity index (χ4n) is 2.49. The fourth-order valence-corrected chi connectivity index (χ4v) is 2.49. The van der Waals surface area contributed by atoms with Crippen LogP contribution in [0.5, 0.6) is 0 Å². The lowest BCUT2D eigenvalue weighted by Gasteiger charge is -2.31. The van der Waals surface area contributed by atoms with E-state index in [0.717, 1.165) is 12.0 Å². The minimum atomic E-state index is -1.29. The van der Waals surface area contributed by atoms with Crippen LogP contribution in [0.1, 0.15) is 38.7 Å². The number of rotatable bonds is 8. The van der Waals surface area contributed by atoms with Crippen molar-refractivity contribution < 1.29 is 19.8 Å². The molecule has 0 aliphatic rings. The van der Waals surface area contributed by atoms with Gasteiger partial charge in [-0.25, -0.2) is 0 Å². The lowest BCUT2D eigenvalue weighted by atomic mass is 9.70. The summed E-state index contributed by atoms with van der Waals surface area (Å²) < 4.78 is 0. The molecular formula is C16H22O4. The van der Waals surface area contributed by atoms with Crippen LogP contribution in [0.25, 0.3) is 0 Å². The zero-order chi connectivity index (χ0) is 15.2. The van der Waals surface area contributed by atoms with E-state index in [0.29, 0.717) is 12.8 Å². The first-order valence-electron chi connectivity index (χ1n) is 6.92. The molecule has 0 fully saturated rings. The molecule has 2 unspecified atom stereocenters. The second-order valence-electron chi connectivity index (χ2n) is 5.42. The van der Waals surface area contributed by atoms with E-state index in [2.05, 4.69) is 0 Å². The van der Waals surface area contributed by atoms with Gasteiger partial charge in [0.1, 0.15) is 0 Å². The third-order valence-electron chi connectivity index (χ3n) is 3.82. The van der Waals surface area contributed by atoms with Gasteiger partial charge in [-0.1, -0.05) is 50.1 Å². The summed E-state index contributed by atoms with van der Waals surface area (Å²) in [7, 11) is 0. The summed E-state index contributed by atoms with van der Waals surface area (Å²) in [6, 6.07) is 9.19. The average molecular weight is 278 g/mol. The van der Waals surface area contributed by atoms with Crippen LogP contribution < -0.4 is 0 Å². The number of hydrogen-bond donors (Lipinski definition) is 2. The Morgan fingerprint density at radius 1 is 1.20 bits per heavy atom. The molecule has 4 nitrogen and oxygen atoms in total. The topological polar surface area (TPSA) is 74.6 Å². The zero-order valence-electron chi connectivity index (χ0n) is 12.0. The van der Waals surface area contributed by atoms with Crippen LogP contribution >= 0.6 is 0 Å². The van der Waals surface area contributed by atoms with Crippen molar-refractivity contribution in [2.45, 2.75) is 39.5 Å². The highest BCUT2D eigenvalue weighted by molar-refractivity contribution is 5.83. The van der Waals surface area contributed by atoms with Gasteiger partial charge in [0.15, 0.2) is 0 Å². The van der Waals surface area contributed by atoms with Gasteiger partial charge in [-0.2, -0.15) is 0 Å². The van der Waals surface area contributed by atoms with Gasteiger partial charge in [0.25, 0.3) is 0 Å². The first-order chi connectivity index (χ1) is 9.41. The van der Waals surface area contributed by atoms with E-state index in [1.807, 2.05) is 37.3 Å². The van der Waals surface area contributed by atoms with Crippen molar-refractivity contribution in [3.8, 4) is 0 Å². The Hall–Kier alpha value is -1.84. The second kappa shape index (κ2) is 7.08. The number of unbranched alkanes of at least 4 members (excludes halogenated alkanes) is 1. The van der Waals surface area contributed by atoms with E-state index in [4.69, 9.17) is 0 Å². The van der Waals surface area contributed by atoms with Crippen LogP contribution in [-0.2, 0) is 16.0 Å². The van der Waals surface area contributed by atoms with E-state index < -0.39 is 23.3 Å². The van der Waals surface area contributed by atoms with Crippen LogP contribution in [0, 0.1) is 11.3 Å². The van der Waals surface area contributed by atoms with Gasteiger partial charge in [-0.15, -0.1) is 0 Å². The highest BCUT2D eigenvalue weighted by Gasteiger charge is 2.45. The summed E-state index contributed by atoms with van der Waals surface area (Å²) in [5.41, 5.74) is -0.442. The minimum absolute atomic E-state index is 0.226. The van der Waals surface area contributed by atoms with Crippen LogP contribution in [0.2, 0.25) is 0 Å². The highest BCUT2D eigenvalue weighted by atomic mass is 16.4. The number of aliphatic carboxylic acids is 2. The summed E-state index contributed by atoms with van der Waals surface area (Å²) >= 11 is 0. The van der Waals surface area contributed by atoms with E-state index in [-0.39, 0.29) is 6.42 Å². The molecule has 1 aromatic carbocycles. The summed E-state index contributed by atoms with van der Waals surface area (Å²) in [5.74, 6) is -2.95. The number of benzene rings is 1. The van der Waals surface area contributed by atoms with Gasteiger partial charge in [0.05, 0.1) is 11.3 Å². The molecule has 4 heteroatoms. The molecule has 0 aromatic heterocycles. The van der Waals surface area contributed by atoms with Crippen molar-refractivity contribution in [3.05, 3.63) is 35.9 Å². The Bertz CT molecular complexity index is 455. The van der Waals surface area contributed by atoms with Crippen LogP contribution in [-0.4, -0.2) is 22.2 Å². The molecule has 0 radical (unpaired) electrons. The Morgan fingerprint density at radius 2 is 1.80 bits per heavy atom. The average Bonchev–Trinajstić information content (AvgIpc) is 2.39. The molecular weight excluding hydrogens is 256 g/mol. The standard InChI is InChI=1S/C16H22O4/c1-3-4-10-13(14(17)18)16(2,15(19)20)11-12-8-6-5-7-9-12/h5-9,13H,3-4,10-11H2,1-2H3,(H,17,18)(H,19,20). The molecule has 0 saturated heterocycles. The van der Waals surface area contributed by atoms with E-state index in [1.165, 1.54) is 6.92 Å². The Kier molecular flexibility index (Phi) is 5.74. The predicted octanol–water partition coefficient (Wildman–Crippen LogP) is 3.21. The summed E-state index contributed by atoms with van der Waals surface area (Å²) in [4.78, 5) is 23.2. The smallest absolute Gasteiger partial charge is 0.310 e. The number of carboxylic acid groups (broad SMARTS) is 2. The molecule has 0 bridgehead atoms. The van der Waals surface area contributed by atoms with E-state index in [1.54, 1.807) is 0 Å². The van der Waals surface area contributed by atoms with Gasteiger partial charge in [-0.3, -0.25) is 9.59 Å². The number of carbonyl (C=O) groups is 2. The SMILES string of the molecule is CCCCC(C(=O)O)C(C)(Cc1ccccc1)C(=O)O. The van der Waals surface area contributed by atoms with Gasteiger partial charge in [0.2, 0.25) is 0 Å². The highest BCUT2D eigenvalue weighted by Crippen LogP contribution is 2.35. The molecule has 0 aliphatic carbocycles. The summed E-state index contributed by atoms with van der Waals surface area (Å²) in [5, 5.41) is 18.9. The van der Waals surface area contributed by atoms with Crippen molar-refractivity contribution in [3.63, 3.8) is 0 Å². The molecule has 2 N–H and O–H groups in total. The number of carboxylic acids is 2. The molecule has 0 saturated carbocycles. The maximum atomic E-state index is 11.7. The molecule has 20 heavy (non-hydrogen) atoms. The minimum Gasteiger partial charge on any atom is -0.481 e. The fraction of sp³-hybridized carbons (Fsp3) is 0.500. The maximum Gasteiger partial charge on any atom is 0.310 e. The summed E-state index contributed by atoms with van der Waals surface area (Å²) in [6.07, 6.45) is 2.19.